The third kappa shape index (κ3) is 2.88. The van der Waals surface area contributed by atoms with E-state index >= 15 is 0 Å². The van der Waals surface area contributed by atoms with Gasteiger partial charge >= 0.3 is 0 Å². The predicted molar refractivity (Wildman–Crippen MR) is 96.4 cm³/mol. The molecule has 3 rings (SSSR count). The molecule has 0 radical (unpaired) electrons. The van der Waals surface area contributed by atoms with E-state index in [4.69, 9.17) is 4.98 Å². The molecule has 1 aliphatic rings. The highest BCUT2D eigenvalue weighted by Gasteiger charge is 2.21. The molecule has 118 valence electrons. The van der Waals surface area contributed by atoms with Gasteiger partial charge in [-0.25, -0.2) is 4.98 Å². The Hall–Kier alpha value is -1.07. The molecule has 0 unspecified atom stereocenters. The Morgan fingerprint density at radius 3 is 2.86 bits per heavy atom. The van der Waals surface area contributed by atoms with Crippen LogP contribution in [0.25, 0.3) is 10.2 Å². The van der Waals surface area contributed by atoms with E-state index < -0.39 is 0 Å². The standard InChI is InChI=1S/C17H22N2OS2/c1-4-21-17-18-15-14(16(20)19(17)10-11(2)3)12-8-6-5-7-9-13(12)22-15/h2,4-10H2,1,3H3. The number of aryl methyl sites for hydroxylation is 2. The van der Waals surface area contributed by atoms with Crippen LogP contribution in [0.5, 0.6) is 0 Å². The summed E-state index contributed by atoms with van der Waals surface area (Å²) in [6, 6.07) is 0. The molecule has 0 saturated carbocycles. The van der Waals surface area contributed by atoms with E-state index in [1.165, 1.54) is 29.7 Å². The van der Waals surface area contributed by atoms with Crippen molar-refractivity contribution < 1.29 is 0 Å². The number of rotatable bonds is 4. The van der Waals surface area contributed by atoms with Gasteiger partial charge in [-0.3, -0.25) is 9.36 Å². The molecule has 0 aliphatic heterocycles. The van der Waals surface area contributed by atoms with Crippen LogP contribution in [0.15, 0.2) is 22.1 Å². The summed E-state index contributed by atoms with van der Waals surface area (Å²) in [5.74, 6) is 0.916. The van der Waals surface area contributed by atoms with Crippen molar-refractivity contribution in [1.82, 2.24) is 9.55 Å². The largest absolute Gasteiger partial charge is 0.283 e. The van der Waals surface area contributed by atoms with Crippen molar-refractivity contribution in [3.63, 3.8) is 0 Å². The lowest BCUT2D eigenvalue weighted by Gasteiger charge is -2.11. The molecule has 0 amide bonds. The van der Waals surface area contributed by atoms with E-state index in [9.17, 15) is 4.79 Å². The summed E-state index contributed by atoms with van der Waals surface area (Å²) < 4.78 is 1.82. The average Bonchev–Trinajstić information content (AvgIpc) is 2.65. The van der Waals surface area contributed by atoms with Crippen molar-refractivity contribution >= 4 is 33.3 Å². The number of thiophene rings is 1. The predicted octanol–water partition coefficient (Wildman–Crippen LogP) is 4.42. The van der Waals surface area contributed by atoms with Gasteiger partial charge in [-0.1, -0.05) is 37.3 Å². The first-order chi connectivity index (χ1) is 10.6. The van der Waals surface area contributed by atoms with Crippen LogP contribution in [0, 0.1) is 0 Å². The third-order valence-electron chi connectivity index (χ3n) is 3.99. The number of aromatic nitrogens is 2. The van der Waals surface area contributed by atoms with Crippen LogP contribution in [0.3, 0.4) is 0 Å². The molecule has 2 heterocycles. The molecule has 2 aromatic heterocycles. The van der Waals surface area contributed by atoms with Gasteiger partial charge in [0.1, 0.15) is 4.83 Å². The molecule has 0 atom stereocenters. The van der Waals surface area contributed by atoms with E-state index in [2.05, 4.69) is 13.5 Å². The Morgan fingerprint density at radius 2 is 2.14 bits per heavy atom. The van der Waals surface area contributed by atoms with Crippen LogP contribution in [-0.2, 0) is 19.4 Å². The van der Waals surface area contributed by atoms with Crippen LogP contribution in [-0.4, -0.2) is 15.3 Å². The lowest BCUT2D eigenvalue weighted by atomic mass is 10.1. The molecule has 3 nitrogen and oxygen atoms in total. The second-order valence-corrected chi connectivity index (χ2v) is 8.24. The van der Waals surface area contributed by atoms with Crippen molar-refractivity contribution in [2.24, 2.45) is 0 Å². The first kappa shape index (κ1) is 15.8. The lowest BCUT2D eigenvalue weighted by Crippen LogP contribution is -2.24. The zero-order valence-corrected chi connectivity index (χ0v) is 14.9. The molecule has 5 heteroatoms. The summed E-state index contributed by atoms with van der Waals surface area (Å²) in [6.45, 7) is 8.59. The first-order valence-corrected chi connectivity index (χ1v) is 9.74. The van der Waals surface area contributed by atoms with Gasteiger partial charge in [-0.05, 0) is 43.9 Å². The first-order valence-electron chi connectivity index (χ1n) is 7.94. The van der Waals surface area contributed by atoms with Gasteiger partial charge in [0.05, 0.1) is 5.39 Å². The Bertz CT molecular complexity index is 773. The number of hydrogen-bond donors (Lipinski definition) is 0. The second-order valence-electron chi connectivity index (χ2n) is 5.92. The van der Waals surface area contributed by atoms with Crippen LogP contribution in [0.4, 0.5) is 0 Å². The lowest BCUT2D eigenvalue weighted by molar-refractivity contribution is 0.651. The average molecular weight is 335 g/mol. The van der Waals surface area contributed by atoms with Gasteiger partial charge in [0.25, 0.3) is 5.56 Å². The number of thioether (sulfide) groups is 1. The normalized spacial score (nSPS) is 14.8. The van der Waals surface area contributed by atoms with Crippen LogP contribution in [0.1, 0.15) is 43.6 Å². The summed E-state index contributed by atoms with van der Waals surface area (Å²) in [4.78, 5) is 20.2. The zero-order chi connectivity index (χ0) is 15.7. The minimum atomic E-state index is 0.128. The van der Waals surface area contributed by atoms with Crippen LogP contribution < -0.4 is 5.56 Å². The summed E-state index contributed by atoms with van der Waals surface area (Å²) in [7, 11) is 0. The van der Waals surface area contributed by atoms with Crippen molar-refractivity contribution in [2.45, 2.75) is 57.7 Å². The molecule has 0 fully saturated rings. The SMILES string of the molecule is C=C(C)Cn1c(SCC)nc2sc3c(c2c1=O)CCCCC3. The van der Waals surface area contributed by atoms with Gasteiger partial charge < -0.3 is 0 Å². The van der Waals surface area contributed by atoms with Gasteiger partial charge in [-0.15, -0.1) is 11.3 Å². The zero-order valence-electron chi connectivity index (χ0n) is 13.3. The summed E-state index contributed by atoms with van der Waals surface area (Å²) in [5.41, 5.74) is 2.39. The third-order valence-corrected chi connectivity index (χ3v) is 6.04. The van der Waals surface area contributed by atoms with E-state index in [-0.39, 0.29) is 5.56 Å². The molecule has 0 bridgehead atoms. The Labute approximate surface area is 139 Å². The van der Waals surface area contributed by atoms with Crippen molar-refractivity contribution in [2.75, 3.05) is 5.75 Å². The maximum Gasteiger partial charge on any atom is 0.263 e. The molecular weight excluding hydrogens is 312 g/mol. The van der Waals surface area contributed by atoms with E-state index in [0.717, 1.165) is 39.5 Å². The highest BCUT2D eigenvalue weighted by Crippen LogP contribution is 2.34. The summed E-state index contributed by atoms with van der Waals surface area (Å²) >= 11 is 3.37. The number of allylic oxidation sites excluding steroid dienone is 1. The van der Waals surface area contributed by atoms with Crippen molar-refractivity contribution in [1.29, 1.82) is 0 Å². The fraction of sp³-hybridized carbons (Fsp3) is 0.529. The Balaban J connectivity index is 2.25. The summed E-state index contributed by atoms with van der Waals surface area (Å²) in [5, 5.41) is 1.71. The highest BCUT2D eigenvalue weighted by molar-refractivity contribution is 7.99. The molecule has 1 aliphatic carbocycles. The summed E-state index contributed by atoms with van der Waals surface area (Å²) in [6.07, 6.45) is 5.81. The molecule has 0 saturated heterocycles. The molecule has 0 aromatic carbocycles. The van der Waals surface area contributed by atoms with Gasteiger partial charge in [0, 0.05) is 11.4 Å². The maximum atomic E-state index is 13.1. The Morgan fingerprint density at radius 1 is 1.36 bits per heavy atom. The quantitative estimate of drug-likeness (QED) is 0.359. The van der Waals surface area contributed by atoms with Crippen molar-refractivity contribution in [3.05, 3.63) is 32.9 Å². The van der Waals surface area contributed by atoms with E-state index in [0.29, 0.717) is 6.54 Å². The van der Waals surface area contributed by atoms with E-state index in [1.54, 1.807) is 23.1 Å². The van der Waals surface area contributed by atoms with Crippen molar-refractivity contribution in [3.8, 4) is 0 Å². The second kappa shape index (κ2) is 6.59. The topological polar surface area (TPSA) is 34.9 Å². The number of fused-ring (bicyclic) bond motifs is 3. The number of nitrogens with zero attached hydrogens (tertiary/aromatic N) is 2. The van der Waals surface area contributed by atoms with Crippen LogP contribution in [0.2, 0.25) is 0 Å². The molecule has 0 spiro atoms. The fourth-order valence-electron chi connectivity index (χ4n) is 3.05. The van der Waals surface area contributed by atoms with Crippen LogP contribution >= 0.6 is 23.1 Å². The number of hydrogen-bond acceptors (Lipinski definition) is 4. The van der Waals surface area contributed by atoms with Gasteiger partial charge in [0.2, 0.25) is 0 Å². The molecule has 0 N–H and O–H groups in total. The Kier molecular flexibility index (Phi) is 4.73. The van der Waals surface area contributed by atoms with E-state index in [1.807, 2.05) is 11.5 Å². The maximum absolute atomic E-state index is 13.1. The monoisotopic (exact) mass is 334 g/mol. The van der Waals surface area contributed by atoms with Gasteiger partial charge in [-0.2, -0.15) is 0 Å². The smallest absolute Gasteiger partial charge is 0.263 e. The molecule has 22 heavy (non-hydrogen) atoms. The minimum Gasteiger partial charge on any atom is -0.283 e. The molecular formula is C17H22N2OS2. The highest BCUT2D eigenvalue weighted by atomic mass is 32.2. The minimum absolute atomic E-state index is 0.128. The molecule has 2 aromatic rings. The fourth-order valence-corrected chi connectivity index (χ4v) is 5.07. The van der Waals surface area contributed by atoms with Gasteiger partial charge in [0.15, 0.2) is 5.16 Å².